The molecule has 2 aliphatic heterocycles. The molecular weight excluding hydrogens is 1730 g/mol. The molecule has 5 heterocycles. The number of amides is 16. The Balaban J connectivity index is 1.02. The first-order valence-corrected chi connectivity index (χ1v) is 44.8. The first kappa shape index (κ1) is 103. The number of aromatic hydroxyl groups is 1. The Hall–Kier alpha value is -12.8. The molecule has 26 N–H and O–H groups in total. The SMILES string of the molecule is CCCC[C@@H](C(=O)N(C)[C@@H](CCCC)C(=O)N[C@@H](CCCNC(=N)N)C(=O)NC(CSCC(=O)N[C@@H](Cc1ccc(O)cc1)C(=O)NC)C(=O)NCC(N)=O)N(C)C(=O)[C@H](Cc1csc2ccccc12)NC(=O)[C@H](CO)NC(=O)[C@H](Cc1c[nH]c2ccccc12)NC(=O)[C@@H]1C[C@@H](O)CN1C(=O)[C@H](CO)NC(=O)[C@H](Cc1cnc[nH]1)NC(=O)[C@@H]1CCCN1C(=O)[C@@H](N)CC(N)=O. The van der Waals surface area contributed by atoms with Gasteiger partial charge in [-0.1, -0.05) is 88.1 Å². The number of nitrogens with zero attached hydrogens (tertiary/aromatic N) is 5. The summed E-state index contributed by atoms with van der Waals surface area (Å²) >= 11 is 2.21. The average molecular weight is 1850 g/mol. The second-order valence-electron chi connectivity index (χ2n) is 32.0. The molecule has 0 spiro atoms. The van der Waals surface area contributed by atoms with E-state index >= 15 is 24.0 Å². The van der Waals surface area contributed by atoms with Gasteiger partial charge in [0.15, 0.2) is 5.96 Å². The number of benzene rings is 3. The quantitative estimate of drug-likeness (QED) is 0.00972. The number of carbonyl (C=O) groups excluding carboxylic acids is 16. The van der Waals surface area contributed by atoms with Gasteiger partial charge in [0.05, 0.1) is 50.4 Å². The van der Waals surface area contributed by atoms with E-state index in [0.29, 0.717) is 70.8 Å². The molecule has 14 atom stereocenters. The standard InChI is InChI=1S/C85H119N23O20S2/c1-6-8-20-64(78(122)98-56(19-14-28-93-85(89)90)74(118)104-63(73(117)95-38-70(88)114)43-129-44-71(115)97-57(72(116)91-3)30-46-24-26-50(111)27-25-46)105(4)84(128)66(21-9-7-2)106(5)82(126)60(32-48-42-130-68-23-13-11-17-53(48)68)101-77(121)61(40-109)102-75(119)58(31-47-36-94-55-18-12-10-16-52(47)55)99-80(124)67-34-51(112)39-108(67)83(127)62(41-110)103-76(120)59(33-49-37-92-45-96-49)100-79(123)65-22-15-29-107(65)81(125)54(86)35-69(87)113/h10-13,16-18,23-27,36-37,42,45,51,54,56-67,94,109-112H,6-9,14-15,19-22,28-35,38-41,43-44,86H2,1-5H3,(H2,87,113)(H2,88,114)(H,91,116)(H,92,96)(H,95,117)(H,97,115)(H,98,122)(H,99,124)(H,100,123)(H,101,121)(H,102,119)(H,103,120)(H,104,118)(H4,89,90,93)/t51-,54+,56+,57+,58+,59+,60+,61+,62+,63?,64+,65+,66+,67+/m1/s1. The monoisotopic (exact) mass is 1850 g/mol. The van der Waals surface area contributed by atoms with E-state index in [4.69, 9.17) is 28.3 Å². The summed E-state index contributed by atoms with van der Waals surface area (Å²) in [5.74, 6) is -15.2. The topological polar surface area (TPSA) is 672 Å². The fourth-order valence-electron chi connectivity index (χ4n) is 15.4. The van der Waals surface area contributed by atoms with Gasteiger partial charge in [-0.2, -0.15) is 0 Å². The smallest absolute Gasteiger partial charge is 0.248 e. The summed E-state index contributed by atoms with van der Waals surface area (Å²) in [5, 5.41) is 82.4. The molecule has 0 saturated carbocycles. The normalized spacial score (nSPS) is 16.7. The van der Waals surface area contributed by atoms with E-state index < -0.39 is 224 Å². The zero-order valence-corrected chi connectivity index (χ0v) is 74.6. The summed E-state index contributed by atoms with van der Waals surface area (Å²) in [6, 6.07) is 0.740. The molecule has 706 valence electrons. The zero-order valence-electron chi connectivity index (χ0n) is 73.0. The summed E-state index contributed by atoms with van der Waals surface area (Å²) in [5.41, 5.74) is 24.8. The van der Waals surface area contributed by atoms with Crippen molar-refractivity contribution < 1.29 is 97.1 Å². The molecule has 2 fully saturated rings. The zero-order chi connectivity index (χ0) is 95.0. The van der Waals surface area contributed by atoms with E-state index in [-0.39, 0.29) is 88.1 Å². The number of guanidine groups is 1. The number of phenolic OH excluding ortho intramolecular Hbond substituents is 1. The van der Waals surface area contributed by atoms with Crippen LogP contribution in [0.1, 0.15) is 113 Å². The van der Waals surface area contributed by atoms with Crippen molar-refractivity contribution in [3.8, 4) is 5.75 Å². The van der Waals surface area contributed by atoms with Gasteiger partial charge in [0.2, 0.25) is 94.5 Å². The number of likely N-dealkylation sites (N-methyl/N-ethyl adjacent to an activating group) is 3. The molecule has 3 aromatic carbocycles. The number of hydrogen-bond acceptors (Lipinski definition) is 25. The lowest BCUT2D eigenvalue weighted by atomic mass is 10.00. The number of aliphatic hydroxyl groups excluding tert-OH is 3. The van der Waals surface area contributed by atoms with Crippen LogP contribution < -0.4 is 81.4 Å². The Morgan fingerprint density at radius 3 is 1.84 bits per heavy atom. The molecule has 0 bridgehead atoms. The number of fused-ring (bicyclic) bond motifs is 2. The Bertz CT molecular complexity index is 4960. The molecule has 0 radical (unpaired) electrons. The molecule has 0 aliphatic carbocycles. The van der Waals surface area contributed by atoms with Gasteiger partial charge in [-0.25, -0.2) is 4.98 Å². The van der Waals surface area contributed by atoms with Gasteiger partial charge < -0.3 is 131 Å². The maximum atomic E-state index is 15.7. The average Bonchev–Trinajstić information content (AvgIpc) is 1.52. The highest BCUT2D eigenvalue weighted by Crippen LogP contribution is 2.29. The van der Waals surface area contributed by atoms with Crippen molar-refractivity contribution in [3.63, 3.8) is 0 Å². The number of H-pyrrole nitrogens is 2. The number of thiophene rings is 1. The Labute approximate surface area is 757 Å². The molecule has 8 rings (SSSR count). The fourth-order valence-corrected chi connectivity index (χ4v) is 17.2. The molecule has 43 nitrogen and oxygen atoms in total. The summed E-state index contributed by atoms with van der Waals surface area (Å²) in [6.07, 6.45) is 3.21. The third kappa shape index (κ3) is 29.3. The molecule has 2 saturated heterocycles. The number of likely N-dealkylation sites (tertiary alicyclic amines) is 2. The van der Waals surface area contributed by atoms with Gasteiger partial charge in [-0.05, 0) is 90.2 Å². The largest absolute Gasteiger partial charge is 0.508 e. The Morgan fingerprint density at radius 1 is 0.600 bits per heavy atom. The number of phenols is 1. The number of carbonyl (C=O) groups is 16. The van der Waals surface area contributed by atoms with E-state index in [0.717, 1.165) is 31.2 Å². The number of β-amino-alcohol motifs (C(OH)–C–C–N with tert-alkyl or cyclic N) is 1. The van der Waals surface area contributed by atoms with Crippen LogP contribution in [-0.4, -0.2) is 312 Å². The maximum Gasteiger partial charge on any atom is 0.248 e. The van der Waals surface area contributed by atoms with Crippen molar-refractivity contribution in [1.82, 2.24) is 93.0 Å². The van der Waals surface area contributed by atoms with Crippen molar-refractivity contribution in [3.05, 3.63) is 119 Å². The highest BCUT2D eigenvalue weighted by Gasteiger charge is 2.46. The lowest BCUT2D eigenvalue weighted by Crippen LogP contribution is -2.62. The number of para-hydroxylation sites is 1. The molecule has 2 aliphatic rings. The number of nitrogens with one attached hydrogen (secondary N) is 14. The summed E-state index contributed by atoms with van der Waals surface area (Å²) < 4.78 is 0.804. The van der Waals surface area contributed by atoms with Gasteiger partial charge in [0, 0.05) is 112 Å². The van der Waals surface area contributed by atoms with E-state index in [1.807, 2.05) is 19.9 Å². The van der Waals surface area contributed by atoms with Crippen LogP contribution in [0.2, 0.25) is 0 Å². The second-order valence-corrected chi connectivity index (χ2v) is 33.9. The number of rotatable bonds is 51. The molecule has 1 unspecified atom stereocenters. The molecule has 3 aromatic heterocycles. The number of thioether (sulfide) groups is 1. The highest BCUT2D eigenvalue weighted by atomic mass is 32.2. The van der Waals surface area contributed by atoms with E-state index in [2.05, 4.69) is 73.4 Å². The van der Waals surface area contributed by atoms with Crippen molar-refractivity contribution in [2.45, 2.75) is 201 Å². The first-order chi connectivity index (χ1) is 62.1. The lowest BCUT2D eigenvalue weighted by Gasteiger charge is -2.36. The predicted octanol–water partition coefficient (Wildman–Crippen LogP) is -4.52. The van der Waals surface area contributed by atoms with Crippen molar-refractivity contribution in [1.29, 1.82) is 5.41 Å². The number of aromatic amines is 2. The Kier molecular flexibility index (Phi) is 39.6. The number of aliphatic hydroxyl groups is 3. The fraction of sp³-hybridized carbons (Fsp3) is 0.506. The van der Waals surface area contributed by atoms with Crippen LogP contribution in [0.15, 0.2) is 96.9 Å². The minimum absolute atomic E-state index is 0.00264. The third-order valence-electron chi connectivity index (χ3n) is 22.4. The van der Waals surface area contributed by atoms with E-state index in [1.165, 1.54) is 62.0 Å². The van der Waals surface area contributed by atoms with Crippen LogP contribution in [0.4, 0.5) is 0 Å². The molecule has 6 aromatic rings. The minimum Gasteiger partial charge on any atom is -0.508 e. The molecule has 45 heteroatoms. The summed E-state index contributed by atoms with van der Waals surface area (Å²) in [6.45, 7) is 0.403. The van der Waals surface area contributed by atoms with Gasteiger partial charge in [-0.15, -0.1) is 23.1 Å². The lowest BCUT2D eigenvalue weighted by molar-refractivity contribution is -0.149. The van der Waals surface area contributed by atoms with Crippen LogP contribution in [0.3, 0.4) is 0 Å². The number of unbranched alkanes of at least 4 members (excludes halogenated alkanes) is 2. The van der Waals surface area contributed by atoms with Gasteiger partial charge in [0.1, 0.15) is 78.3 Å². The van der Waals surface area contributed by atoms with Gasteiger partial charge >= 0.3 is 0 Å². The van der Waals surface area contributed by atoms with Crippen LogP contribution >= 0.6 is 23.1 Å². The summed E-state index contributed by atoms with van der Waals surface area (Å²) in [4.78, 5) is 241. The first-order valence-electron chi connectivity index (χ1n) is 42.8. The number of primary amides is 2. The van der Waals surface area contributed by atoms with E-state index in [9.17, 15) is 73.2 Å². The number of aromatic nitrogens is 3. The van der Waals surface area contributed by atoms with Crippen LogP contribution in [-0.2, 0) is 102 Å². The Morgan fingerprint density at radius 2 is 1.19 bits per heavy atom. The van der Waals surface area contributed by atoms with Gasteiger partial charge in [-0.3, -0.25) is 82.1 Å². The predicted molar refractivity (Wildman–Crippen MR) is 479 cm³/mol. The maximum absolute atomic E-state index is 15.7. The molecular formula is C85H119N23O20S2. The van der Waals surface area contributed by atoms with Crippen molar-refractivity contribution in [2.75, 3.05) is 72.0 Å². The third-order valence-corrected chi connectivity index (χ3v) is 24.4. The molecule has 130 heavy (non-hydrogen) atoms. The van der Waals surface area contributed by atoms with Crippen LogP contribution in [0, 0.1) is 5.41 Å². The van der Waals surface area contributed by atoms with Crippen LogP contribution in [0.5, 0.6) is 5.75 Å². The minimum atomic E-state index is -1.90. The van der Waals surface area contributed by atoms with E-state index in [1.54, 1.807) is 66.2 Å². The molecule has 16 amide bonds. The van der Waals surface area contributed by atoms with Gasteiger partial charge in [0.25, 0.3) is 0 Å². The number of nitrogens with two attached hydrogens (primary N) is 4. The van der Waals surface area contributed by atoms with Crippen molar-refractivity contribution in [2.24, 2.45) is 22.9 Å². The summed E-state index contributed by atoms with van der Waals surface area (Å²) in [7, 11) is 4.08. The van der Waals surface area contributed by atoms with Crippen molar-refractivity contribution >= 4 is 145 Å². The highest BCUT2D eigenvalue weighted by molar-refractivity contribution is 8.00. The second kappa shape index (κ2) is 50.2. The number of imidazole rings is 1. The number of hydrogen-bond donors (Lipinski definition) is 22. The van der Waals surface area contributed by atoms with Crippen LogP contribution in [0.25, 0.3) is 21.0 Å².